The fourth-order valence-electron chi connectivity index (χ4n) is 2.08. The fourth-order valence-corrected chi connectivity index (χ4v) is 2.26. The van der Waals surface area contributed by atoms with Gasteiger partial charge in [-0.25, -0.2) is 4.39 Å². The normalized spacial score (nSPS) is 10.4. The van der Waals surface area contributed by atoms with E-state index < -0.39 is 0 Å². The molecular formula is C18H19ClFNO2. The van der Waals surface area contributed by atoms with Crippen molar-refractivity contribution in [1.29, 1.82) is 0 Å². The fraction of sp³-hybridized carbons (Fsp3) is 0.278. The van der Waals surface area contributed by atoms with E-state index >= 15 is 0 Å². The average molecular weight is 336 g/mol. The third-order valence-corrected chi connectivity index (χ3v) is 3.69. The predicted octanol–water partition coefficient (Wildman–Crippen LogP) is 3.95. The van der Waals surface area contributed by atoms with Crippen LogP contribution in [0.2, 0.25) is 5.02 Å². The highest BCUT2D eigenvalue weighted by atomic mass is 35.5. The summed E-state index contributed by atoms with van der Waals surface area (Å²) < 4.78 is 18.4. The van der Waals surface area contributed by atoms with Crippen molar-refractivity contribution in [2.24, 2.45) is 0 Å². The number of ether oxygens (including phenoxy) is 1. The average Bonchev–Trinajstić information content (AvgIpc) is 2.54. The molecule has 0 spiro atoms. The molecule has 2 rings (SSSR count). The number of hydrogen-bond acceptors (Lipinski definition) is 2. The van der Waals surface area contributed by atoms with Gasteiger partial charge in [0.15, 0.2) is 0 Å². The summed E-state index contributed by atoms with van der Waals surface area (Å²) in [6.45, 7) is 0.897. The van der Waals surface area contributed by atoms with Crippen LogP contribution in [0.4, 0.5) is 4.39 Å². The number of carbonyl (C=O) groups excluding carboxylic acids is 1. The Bertz CT molecular complexity index is 646. The number of nitrogens with zero attached hydrogens (tertiary/aromatic N) is 1. The van der Waals surface area contributed by atoms with Gasteiger partial charge in [0.1, 0.15) is 18.2 Å². The second kappa shape index (κ2) is 8.53. The number of amides is 1. The molecule has 0 aliphatic carbocycles. The zero-order chi connectivity index (χ0) is 16.7. The van der Waals surface area contributed by atoms with E-state index in [9.17, 15) is 9.18 Å². The largest absolute Gasteiger partial charge is 0.492 e. The highest BCUT2D eigenvalue weighted by Crippen LogP contribution is 2.17. The molecular weight excluding hydrogens is 317 g/mol. The second-order valence-electron chi connectivity index (χ2n) is 5.25. The first-order chi connectivity index (χ1) is 11.0. The summed E-state index contributed by atoms with van der Waals surface area (Å²) in [5.74, 6) is 0.448. The Kier molecular flexibility index (Phi) is 6.41. The molecule has 0 aliphatic heterocycles. The summed E-state index contributed by atoms with van der Waals surface area (Å²) in [6.07, 6.45) is 0.984. The van der Waals surface area contributed by atoms with Crippen molar-refractivity contribution >= 4 is 17.5 Å². The van der Waals surface area contributed by atoms with E-state index in [1.165, 1.54) is 12.1 Å². The maximum absolute atomic E-state index is 12.8. The van der Waals surface area contributed by atoms with E-state index in [0.29, 0.717) is 36.8 Å². The van der Waals surface area contributed by atoms with E-state index in [0.717, 1.165) is 5.56 Å². The van der Waals surface area contributed by atoms with Crippen molar-refractivity contribution in [2.45, 2.75) is 12.8 Å². The first-order valence-electron chi connectivity index (χ1n) is 7.41. The molecule has 0 bridgehead atoms. The number of likely N-dealkylation sites (N-methyl/N-ethyl adjacent to an activating group) is 1. The molecule has 0 saturated heterocycles. The molecule has 1 amide bonds. The van der Waals surface area contributed by atoms with E-state index in [1.807, 2.05) is 12.1 Å². The molecule has 122 valence electrons. The molecule has 0 N–H and O–H groups in total. The van der Waals surface area contributed by atoms with Crippen molar-refractivity contribution < 1.29 is 13.9 Å². The Labute approximate surface area is 140 Å². The molecule has 0 aliphatic rings. The summed E-state index contributed by atoms with van der Waals surface area (Å²) in [5, 5.41) is 0.617. The van der Waals surface area contributed by atoms with Gasteiger partial charge in [-0.05, 0) is 42.3 Å². The van der Waals surface area contributed by atoms with Crippen LogP contribution in [-0.4, -0.2) is 31.0 Å². The molecule has 0 saturated carbocycles. The number of halogens is 2. The minimum absolute atomic E-state index is 0.0315. The number of rotatable bonds is 7. The molecule has 0 fully saturated rings. The van der Waals surface area contributed by atoms with Gasteiger partial charge in [-0.1, -0.05) is 29.8 Å². The molecule has 2 aromatic rings. The van der Waals surface area contributed by atoms with Crippen LogP contribution in [0.3, 0.4) is 0 Å². The monoisotopic (exact) mass is 335 g/mol. The second-order valence-corrected chi connectivity index (χ2v) is 5.68. The van der Waals surface area contributed by atoms with E-state index in [-0.39, 0.29) is 11.7 Å². The molecule has 5 heteroatoms. The molecule has 0 aromatic heterocycles. The van der Waals surface area contributed by atoms with Gasteiger partial charge in [0.05, 0.1) is 6.54 Å². The van der Waals surface area contributed by atoms with Crippen LogP contribution >= 0.6 is 11.6 Å². The standard InChI is InChI=1S/C18H19ClFNO2/c1-21(11-12-23-17-4-2-3-15(19)13-17)18(22)10-7-14-5-8-16(20)9-6-14/h2-6,8-9,13H,7,10-12H2,1H3. The van der Waals surface area contributed by atoms with Crippen molar-refractivity contribution in [3.63, 3.8) is 0 Å². The van der Waals surface area contributed by atoms with Crippen LogP contribution in [-0.2, 0) is 11.2 Å². The summed E-state index contributed by atoms with van der Waals surface area (Å²) >= 11 is 5.88. The molecule has 2 aromatic carbocycles. The van der Waals surface area contributed by atoms with Crippen LogP contribution in [0.1, 0.15) is 12.0 Å². The van der Waals surface area contributed by atoms with Crippen molar-refractivity contribution in [2.75, 3.05) is 20.2 Å². The molecule has 23 heavy (non-hydrogen) atoms. The molecule has 0 unspecified atom stereocenters. The van der Waals surface area contributed by atoms with Gasteiger partial charge in [0.25, 0.3) is 0 Å². The van der Waals surface area contributed by atoms with Crippen molar-refractivity contribution in [1.82, 2.24) is 4.90 Å². The smallest absolute Gasteiger partial charge is 0.222 e. The van der Waals surface area contributed by atoms with Gasteiger partial charge in [0, 0.05) is 18.5 Å². The van der Waals surface area contributed by atoms with Gasteiger partial charge >= 0.3 is 0 Å². The van der Waals surface area contributed by atoms with E-state index in [2.05, 4.69) is 0 Å². The third kappa shape index (κ3) is 5.91. The number of hydrogen-bond donors (Lipinski definition) is 0. The zero-order valence-corrected chi connectivity index (χ0v) is 13.7. The quantitative estimate of drug-likeness (QED) is 0.766. The summed E-state index contributed by atoms with van der Waals surface area (Å²) in [4.78, 5) is 13.7. The van der Waals surface area contributed by atoms with Gasteiger partial charge in [0.2, 0.25) is 5.91 Å². The first-order valence-corrected chi connectivity index (χ1v) is 7.79. The Morgan fingerprint density at radius 3 is 2.65 bits per heavy atom. The Hall–Kier alpha value is -2.07. The Balaban J connectivity index is 1.71. The van der Waals surface area contributed by atoms with E-state index in [1.54, 1.807) is 36.2 Å². The lowest BCUT2D eigenvalue weighted by Crippen LogP contribution is -2.31. The topological polar surface area (TPSA) is 29.5 Å². The molecule has 0 heterocycles. The summed E-state index contributed by atoms with van der Waals surface area (Å²) in [7, 11) is 1.74. The minimum Gasteiger partial charge on any atom is -0.492 e. The maximum atomic E-state index is 12.8. The van der Waals surface area contributed by atoms with Crippen LogP contribution in [0.5, 0.6) is 5.75 Å². The highest BCUT2D eigenvalue weighted by molar-refractivity contribution is 6.30. The number of aryl methyl sites for hydroxylation is 1. The number of benzene rings is 2. The lowest BCUT2D eigenvalue weighted by Gasteiger charge is -2.17. The lowest BCUT2D eigenvalue weighted by atomic mass is 10.1. The summed E-state index contributed by atoms with van der Waals surface area (Å²) in [5.41, 5.74) is 0.948. The van der Waals surface area contributed by atoms with Crippen LogP contribution < -0.4 is 4.74 Å². The van der Waals surface area contributed by atoms with Gasteiger partial charge in [-0.2, -0.15) is 0 Å². The van der Waals surface area contributed by atoms with Gasteiger partial charge in [-0.15, -0.1) is 0 Å². The van der Waals surface area contributed by atoms with Crippen LogP contribution in [0, 0.1) is 5.82 Å². The van der Waals surface area contributed by atoms with Gasteiger partial charge < -0.3 is 9.64 Å². The maximum Gasteiger partial charge on any atom is 0.222 e. The number of carbonyl (C=O) groups is 1. The lowest BCUT2D eigenvalue weighted by molar-refractivity contribution is -0.130. The third-order valence-electron chi connectivity index (χ3n) is 3.46. The molecule has 3 nitrogen and oxygen atoms in total. The van der Waals surface area contributed by atoms with Crippen LogP contribution in [0.15, 0.2) is 48.5 Å². The Morgan fingerprint density at radius 1 is 1.22 bits per heavy atom. The summed E-state index contributed by atoms with van der Waals surface area (Å²) in [6, 6.07) is 13.4. The van der Waals surface area contributed by atoms with Crippen molar-refractivity contribution in [3.8, 4) is 5.75 Å². The van der Waals surface area contributed by atoms with Crippen LogP contribution in [0.25, 0.3) is 0 Å². The molecule has 0 atom stereocenters. The predicted molar refractivity (Wildman–Crippen MR) is 89.3 cm³/mol. The SMILES string of the molecule is CN(CCOc1cccc(Cl)c1)C(=O)CCc1ccc(F)cc1. The minimum atomic E-state index is -0.268. The Morgan fingerprint density at radius 2 is 1.96 bits per heavy atom. The molecule has 0 radical (unpaired) electrons. The zero-order valence-electron chi connectivity index (χ0n) is 13.0. The van der Waals surface area contributed by atoms with E-state index in [4.69, 9.17) is 16.3 Å². The first kappa shape index (κ1) is 17.3. The highest BCUT2D eigenvalue weighted by Gasteiger charge is 2.09. The van der Waals surface area contributed by atoms with Crippen molar-refractivity contribution in [3.05, 3.63) is 64.9 Å². The van der Waals surface area contributed by atoms with Gasteiger partial charge in [-0.3, -0.25) is 4.79 Å².